The maximum Gasteiger partial charge on any atom is 0.123 e. The second kappa shape index (κ2) is 9.45. The number of allylic oxidation sites excluding steroid dienone is 1. The molecule has 0 aliphatic carbocycles. The lowest BCUT2D eigenvalue weighted by atomic mass is 10.1. The minimum atomic E-state index is 0.678. The van der Waals surface area contributed by atoms with Crippen LogP contribution in [-0.2, 0) is 6.42 Å². The first-order valence-corrected chi connectivity index (χ1v) is 6.95. The van der Waals surface area contributed by atoms with E-state index in [9.17, 15) is 0 Å². The van der Waals surface area contributed by atoms with E-state index >= 15 is 0 Å². The van der Waals surface area contributed by atoms with Gasteiger partial charge in [-0.05, 0) is 58.0 Å². The molecule has 1 rings (SSSR count). The van der Waals surface area contributed by atoms with Crippen molar-refractivity contribution in [1.82, 2.24) is 5.32 Å². The number of rotatable bonds is 10. The summed E-state index contributed by atoms with van der Waals surface area (Å²) in [4.78, 5) is 0. The van der Waals surface area contributed by atoms with E-state index in [4.69, 9.17) is 9.47 Å². The van der Waals surface area contributed by atoms with Crippen LogP contribution in [0.15, 0.2) is 30.9 Å². The van der Waals surface area contributed by atoms with Crippen LogP contribution in [0.3, 0.4) is 0 Å². The quantitative estimate of drug-likeness (QED) is 0.519. The Kier molecular flexibility index (Phi) is 7.75. The minimum Gasteiger partial charge on any atom is -0.494 e. The molecule has 19 heavy (non-hydrogen) atoms. The number of nitrogens with one attached hydrogen (secondary N) is 1. The van der Waals surface area contributed by atoms with Crippen LogP contribution in [0.5, 0.6) is 11.5 Å². The predicted octanol–water partition coefficient (Wildman–Crippen LogP) is 3.19. The van der Waals surface area contributed by atoms with Crippen molar-refractivity contribution in [1.29, 1.82) is 0 Å². The van der Waals surface area contributed by atoms with Crippen LogP contribution < -0.4 is 14.8 Å². The third-order valence-electron chi connectivity index (χ3n) is 2.79. The highest BCUT2D eigenvalue weighted by Gasteiger charge is 2.04. The third kappa shape index (κ3) is 5.79. The van der Waals surface area contributed by atoms with E-state index in [1.165, 1.54) is 0 Å². The van der Waals surface area contributed by atoms with Crippen molar-refractivity contribution < 1.29 is 9.47 Å². The fourth-order valence-electron chi connectivity index (χ4n) is 1.85. The van der Waals surface area contributed by atoms with Crippen molar-refractivity contribution in [3.63, 3.8) is 0 Å². The van der Waals surface area contributed by atoms with Gasteiger partial charge in [0.15, 0.2) is 0 Å². The van der Waals surface area contributed by atoms with Crippen molar-refractivity contribution in [2.45, 2.75) is 26.2 Å². The zero-order chi connectivity index (χ0) is 13.9. The molecule has 0 saturated carbocycles. The van der Waals surface area contributed by atoms with Gasteiger partial charge in [-0.1, -0.05) is 6.08 Å². The molecular weight excluding hydrogens is 238 g/mol. The highest BCUT2D eigenvalue weighted by Crippen LogP contribution is 2.25. The second-order valence-electron chi connectivity index (χ2n) is 4.35. The van der Waals surface area contributed by atoms with Gasteiger partial charge in [-0.25, -0.2) is 0 Å². The Morgan fingerprint density at radius 2 is 2.11 bits per heavy atom. The Bertz CT molecular complexity index is 377. The van der Waals surface area contributed by atoms with Crippen molar-refractivity contribution in [3.8, 4) is 11.5 Å². The normalized spacial score (nSPS) is 10.2. The maximum atomic E-state index is 5.84. The molecule has 0 saturated heterocycles. The van der Waals surface area contributed by atoms with E-state index in [0.29, 0.717) is 6.61 Å². The summed E-state index contributed by atoms with van der Waals surface area (Å²) >= 11 is 0. The summed E-state index contributed by atoms with van der Waals surface area (Å²) in [6.07, 6.45) is 4.87. The van der Waals surface area contributed by atoms with Gasteiger partial charge in [0.1, 0.15) is 11.5 Å². The van der Waals surface area contributed by atoms with E-state index in [1.54, 1.807) is 0 Å². The monoisotopic (exact) mass is 263 g/mol. The zero-order valence-corrected chi connectivity index (χ0v) is 12.1. The van der Waals surface area contributed by atoms with Gasteiger partial charge in [0.25, 0.3) is 0 Å². The molecular formula is C16H25NO2. The minimum absolute atomic E-state index is 0.678. The highest BCUT2D eigenvalue weighted by atomic mass is 16.5. The molecule has 106 valence electrons. The first kappa shape index (κ1) is 15.6. The summed E-state index contributed by atoms with van der Waals surface area (Å²) < 4.78 is 11.3. The predicted molar refractivity (Wildman–Crippen MR) is 80.2 cm³/mol. The van der Waals surface area contributed by atoms with Gasteiger partial charge in [-0.15, -0.1) is 6.58 Å². The molecule has 0 heterocycles. The molecule has 0 bridgehead atoms. The number of hydrogen-bond acceptors (Lipinski definition) is 3. The summed E-state index contributed by atoms with van der Waals surface area (Å²) in [5, 5.41) is 3.13. The molecule has 0 fully saturated rings. The Hall–Kier alpha value is -1.48. The number of ether oxygens (including phenoxy) is 2. The Balaban J connectivity index is 2.57. The molecule has 0 atom stereocenters. The summed E-state index contributed by atoms with van der Waals surface area (Å²) in [6.45, 7) is 8.24. The zero-order valence-electron chi connectivity index (χ0n) is 12.1. The largest absolute Gasteiger partial charge is 0.494 e. The van der Waals surface area contributed by atoms with Gasteiger partial charge >= 0.3 is 0 Å². The molecule has 1 N–H and O–H groups in total. The average Bonchev–Trinajstić information content (AvgIpc) is 2.41. The first-order chi connectivity index (χ1) is 9.31. The van der Waals surface area contributed by atoms with Gasteiger partial charge in [0.05, 0.1) is 13.2 Å². The van der Waals surface area contributed by atoms with Crippen LogP contribution in [-0.4, -0.2) is 26.8 Å². The lowest BCUT2D eigenvalue weighted by Crippen LogP contribution is -2.09. The lowest BCUT2D eigenvalue weighted by molar-refractivity contribution is 0.301. The average molecular weight is 263 g/mol. The first-order valence-electron chi connectivity index (χ1n) is 6.95. The van der Waals surface area contributed by atoms with Crippen LogP contribution in [0, 0.1) is 0 Å². The number of hydrogen-bond donors (Lipinski definition) is 1. The number of benzene rings is 1. The maximum absolute atomic E-state index is 5.84. The summed E-state index contributed by atoms with van der Waals surface area (Å²) in [6, 6.07) is 5.98. The van der Waals surface area contributed by atoms with Gasteiger partial charge in [-0.3, -0.25) is 0 Å². The van der Waals surface area contributed by atoms with Gasteiger partial charge in [0, 0.05) is 5.56 Å². The van der Waals surface area contributed by atoms with Crippen molar-refractivity contribution in [3.05, 3.63) is 36.4 Å². The molecule has 0 amide bonds. The van der Waals surface area contributed by atoms with E-state index in [-0.39, 0.29) is 0 Å². The van der Waals surface area contributed by atoms with Crippen LogP contribution in [0.4, 0.5) is 0 Å². The van der Waals surface area contributed by atoms with Gasteiger partial charge in [0.2, 0.25) is 0 Å². The smallest absolute Gasteiger partial charge is 0.123 e. The molecule has 3 heteroatoms. The van der Waals surface area contributed by atoms with Crippen molar-refractivity contribution in [2.24, 2.45) is 0 Å². The molecule has 0 spiro atoms. The van der Waals surface area contributed by atoms with Crippen molar-refractivity contribution >= 4 is 0 Å². The molecule has 0 aliphatic rings. The Labute approximate surface area is 116 Å². The number of unbranched alkanes of at least 4 members (excludes halogenated alkanes) is 1. The topological polar surface area (TPSA) is 30.5 Å². The third-order valence-corrected chi connectivity index (χ3v) is 2.79. The summed E-state index contributed by atoms with van der Waals surface area (Å²) in [5.74, 6) is 1.83. The van der Waals surface area contributed by atoms with Gasteiger partial charge < -0.3 is 14.8 Å². The van der Waals surface area contributed by atoms with Gasteiger partial charge in [-0.2, -0.15) is 0 Å². The van der Waals surface area contributed by atoms with E-state index in [0.717, 1.165) is 49.5 Å². The van der Waals surface area contributed by atoms with Crippen LogP contribution in [0.1, 0.15) is 25.3 Å². The molecule has 0 aromatic heterocycles. The highest BCUT2D eigenvalue weighted by molar-refractivity contribution is 5.41. The molecule has 1 aromatic carbocycles. The standard InChI is InChI=1S/C16H25NO2/c1-4-8-14-13-15(18-5-2)9-10-16(14)19-12-7-6-11-17-3/h4,9-10,13,17H,1,5-8,11-12H2,2-3H3. The van der Waals surface area contributed by atoms with Crippen LogP contribution in [0.25, 0.3) is 0 Å². The molecule has 1 aromatic rings. The molecule has 0 radical (unpaired) electrons. The SMILES string of the molecule is C=CCc1cc(OCC)ccc1OCCCCNC. The summed E-state index contributed by atoms with van der Waals surface area (Å²) in [7, 11) is 1.97. The Morgan fingerprint density at radius 1 is 1.26 bits per heavy atom. The van der Waals surface area contributed by atoms with Crippen molar-refractivity contribution in [2.75, 3.05) is 26.8 Å². The lowest BCUT2D eigenvalue weighted by Gasteiger charge is -2.12. The fourth-order valence-corrected chi connectivity index (χ4v) is 1.85. The second-order valence-corrected chi connectivity index (χ2v) is 4.35. The summed E-state index contributed by atoms with van der Waals surface area (Å²) in [5.41, 5.74) is 1.13. The fraction of sp³-hybridized carbons (Fsp3) is 0.500. The molecule has 3 nitrogen and oxygen atoms in total. The Morgan fingerprint density at radius 3 is 2.79 bits per heavy atom. The molecule has 0 unspecified atom stereocenters. The van der Waals surface area contributed by atoms with E-state index in [1.807, 2.05) is 38.2 Å². The molecule has 0 aliphatic heterocycles. The van der Waals surface area contributed by atoms with E-state index < -0.39 is 0 Å². The van der Waals surface area contributed by atoms with Crippen LogP contribution in [0.2, 0.25) is 0 Å². The van der Waals surface area contributed by atoms with Crippen LogP contribution >= 0.6 is 0 Å². The van der Waals surface area contributed by atoms with E-state index in [2.05, 4.69) is 11.9 Å².